The smallest absolute Gasteiger partial charge is 0.322 e. The highest BCUT2D eigenvalue weighted by Gasteiger charge is 2.30. The van der Waals surface area contributed by atoms with Crippen LogP contribution in [0.25, 0.3) is 11.6 Å². The van der Waals surface area contributed by atoms with Gasteiger partial charge in [-0.15, -0.1) is 0 Å². The Morgan fingerprint density at radius 3 is 1.89 bits per heavy atom. The Hall–Kier alpha value is -3.34. The Balaban J connectivity index is 1.89. The van der Waals surface area contributed by atoms with Crippen molar-refractivity contribution in [2.75, 3.05) is 5.32 Å². The summed E-state index contributed by atoms with van der Waals surface area (Å²) in [6.07, 6.45) is -2.67. The van der Waals surface area contributed by atoms with E-state index >= 15 is 0 Å². The maximum atomic E-state index is 12.8. The van der Waals surface area contributed by atoms with Gasteiger partial charge in [0.05, 0.1) is 5.56 Å². The molecule has 0 fully saturated rings. The normalized spacial score (nSPS) is 11.9. The van der Waals surface area contributed by atoms with Crippen LogP contribution in [-0.2, 0) is 11.0 Å². The molecule has 27 heavy (non-hydrogen) atoms. The van der Waals surface area contributed by atoms with Crippen LogP contribution in [-0.4, -0.2) is 5.91 Å². The highest BCUT2D eigenvalue weighted by atomic mass is 19.4. The van der Waals surface area contributed by atoms with Crippen LogP contribution < -0.4 is 5.32 Å². The van der Waals surface area contributed by atoms with Crippen molar-refractivity contribution in [3.8, 4) is 0 Å². The van der Waals surface area contributed by atoms with Gasteiger partial charge < -0.3 is 5.32 Å². The van der Waals surface area contributed by atoms with Crippen LogP contribution in [0.1, 0.15) is 16.7 Å². The van der Waals surface area contributed by atoms with E-state index in [9.17, 15) is 18.0 Å². The summed E-state index contributed by atoms with van der Waals surface area (Å²) in [5.41, 5.74) is 1.51. The van der Waals surface area contributed by atoms with Crippen LogP contribution in [0.5, 0.6) is 0 Å². The maximum absolute atomic E-state index is 12.8. The first-order chi connectivity index (χ1) is 12.9. The van der Waals surface area contributed by atoms with Gasteiger partial charge in [0.25, 0.3) is 5.91 Å². The van der Waals surface area contributed by atoms with Crippen molar-refractivity contribution in [2.24, 2.45) is 0 Å². The fraction of sp³-hybridized carbons (Fsp3) is 0.0455. The van der Waals surface area contributed by atoms with Gasteiger partial charge in [-0.3, -0.25) is 4.79 Å². The second-order valence-corrected chi connectivity index (χ2v) is 5.86. The first-order valence-corrected chi connectivity index (χ1v) is 8.24. The number of hydrogen-bond acceptors (Lipinski definition) is 1. The minimum Gasteiger partial charge on any atom is -0.322 e. The third-order valence-corrected chi connectivity index (χ3v) is 3.91. The van der Waals surface area contributed by atoms with E-state index in [-0.39, 0.29) is 0 Å². The Kier molecular flexibility index (Phi) is 5.41. The van der Waals surface area contributed by atoms with Crippen LogP contribution in [0.2, 0.25) is 0 Å². The average Bonchev–Trinajstić information content (AvgIpc) is 2.67. The van der Waals surface area contributed by atoms with E-state index < -0.39 is 17.6 Å². The van der Waals surface area contributed by atoms with Gasteiger partial charge in [-0.1, -0.05) is 60.7 Å². The van der Waals surface area contributed by atoms with Crippen LogP contribution >= 0.6 is 0 Å². The largest absolute Gasteiger partial charge is 0.416 e. The van der Waals surface area contributed by atoms with Crippen molar-refractivity contribution >= 4 is 23.2 Å². The second-order valence-electron chi connectivity index (χ2n) is 5.86. The number of nitrogens with one attached hydrogen (secondary N) is 1. The SMILES string of the molecule is O=C(Nc1ccc(C(F)(F)F)cc1)/C(=C/c1ccccc1)c1ccccc1. The Morgan fingerprint density at radius 2 is 1.33 bits per heavy atom. The van der Waals surface area contributed by atoms with Crippen LogP contribution in [0.4, 0.5) is 18.9 Å². The standard InChI is InChI=1S/C22H16F3NO/c23-22(24,25)18-11-13-19(14-12-18)26-21(27)20(17-9-5-2-6-10-17)15-16-7-3-1-4-8-16/h1-15H,(H,26,27)/b20-15+. The number of hydrogen-bond donors (Lipinski definition) is 1. The molecule has 1 amide bonds. The number of alkyl halides is 3. The maximum Gasteiger partial charge on any atom is 0.416 e. The molecular weight excluding hydrogens is 351 g/mol. The van der Waals surface area contributed by atoms with Gasteiger partial charge in [-0.2, -0.15) is 13.2 Å². The van der Waals surface area contributed by atoms with Gasteiger partial charge in [-0.25, -0.2) is 0 Å². The predicted molar refractivity (Wildman–Crippen MR) is 101 cm³/mol. The molecular formula is C22H16F3NO. The molecule has 0 heterocycles. The van der Waals surface area contributed by atoms with Crippen molar-refractivity contribution in [3.05, 3.63) is 102 Å². The Morgan fingerprint density at radius 1 is 0.778 bits per heavy atom. The molecule has 0 aliphatic carbocycles. The van der Waals surface area contributed by atoms with Crippen molar-refractivity contribution in [3.63, 3.8) is 0 Å². The number of rotatable bonds is 4. The molecule has 1 N–H and O–H groups in total. The Bertz CT molecular complexity index is 931. The molecule has 0 aliphatic rings. The van der Waals surface area contributed by atoms with Gasteiger partial charge in [0, 0.05) is 11.3 Å². The van der Waals surface area contributed by atoms with Gasteiger partial charge in [0.2, 0.25) is 0 Å². The highest BCUT2D eigenvalue weighted by Crippen LogP contribution is 2.30. The van der Waals surface area contributed by atoms with Crippen LogP contribution in [0.15, 0.2) is 84.9 Å². The predicted octanol–water partition coefficient (Wildman–Crippen LogP) is 5.88. The molecule has 3 rings (SSSR count). The van der Waals surface area contributed by atoms with Crippen molar-refractivity contribution in [2.45, 2.75) is 6.18 Å². The molecule has 0 aromatic heterocycles. The highest BCUT2D eigenvalue weighted by molar-refractivity contribution is 6.29. The fourth-order valence-corrected chi connectivity index (χ4v) is 2.55. The first-order valence-electron chi connectivity index (χ1n) is 8.24. The molecule has 136 valence electrons. The number of anilines is 1. The minimum absolute atomic E-state index is 0.294. The quantitative estimate of drug-likeness (QED) is 0.452. The lowest BCUT2D eigenvalue weighted by molar-refractivity contribution is -0.137. The zero-order valence-corrected chi connectivity index (χ0v) is 14.2. The van der Waals surface area contributed by atoms with E-state index in [0.29, 0.717) is 16.8 Å². The summed E-state index contributed by atoms with van der Waals surface area (Å²) in [7, 11) is 0. The third kappa shape index (κ3) is 4.85. The van der Waals surface area contributed by atoms with E-state index in [4.69, 9.17) is 0 Å². The van der Waals surface area contributed by atoms with Crippen molar-refractivity contribution in [1.29, 1.82) is 0 Å². The molecule has 0 atom stereocenters. The van der Waals surface area contributed by atoms with Gasteiger partial charge in [-0.05, 0) is 41.5 Å². The van der Waals surface area contributed by atoms with Crippen molar-refractivity contribution < 1.29 is 18.0 Å². The summed E-state index contributed by atoms with van der Waals surface area (Å²) < 4.78 is 38.0. The second kappa shape index (κ2) is 7.91. The molecule has 0 aliphatic heterocycles. The first kappa shape index (κ1) is 18.5. The molecule has 0 spiro atoms. The molecule has 0 saturated carbocycles. The number of halogens is 3. The lowest BCUT2D eigenvalue weighted by Gasteiger charge is -2.11. The number of benzene rings is 3. The number of carbonyl (C=O) groups excluding carboxylic acids is 1. The summed E-state index contributed by atoms with van der Waals surface area (Å²) in [6, 6.07) is 22.8. The molecule has 0 bridgehead atoms. The van der Waals surface area contributed by atoms with E-state index in [0.717, 1.165) is 17.7 Å². The zero-order valence-electron chi connectivity index (χ0n) is 14.2. The fourth-order valence-electron chi connectivity index (χ4n) is 2.55. The lowest BCUT2D eigenvalue weighted by Crippen LogP contribution is -2.14. The third-order valence-electron chi connectivity index (χ3n) is 3.91. The molecule has 5 heteroatoms. The summed E-state index contributed by atoms with van der Waals surface area (Å²) in [4.78, 5) is 12.8. The van der Waals surface area contributed by atoms with E-state index in [1.165, 1.54) is 12.1 Å². The zero-order chi connectivity index (χ0) is 19.3. The number of carbonyl (C=O) groups is 1. The molecule has 0 radical (unpaired) electrons. The molecule has 2 nitrogen and oxygen atoms in total. The Labute approximate surface area is 155 Å². The van der Waals surface area contributed by atoms with E-state index in [1.54, 1.807) is 18.2 Å². The molecule has 3 aromatic rings. The lowest BCUT2D eigenvalue weighted by atomic mass is 10.0. The topological polar surface area (TPSA) is 29.1 Å². The summed E-state index contributed by atoms with van der Waals surface area (Å²) in [6.45, 7) is 0. The van der Waals surface area contributed by atoms with Crippen molar-refractivity contribution in [1.82, 2.24) is 0 Å². The van der Waals surface area contributed by atoms with E-state index in [1.807, 2.05) is 48.5 Å². The molecule has 0 unspecified atom stereocenters. The summed E-state index contributed by atoms with van der Waals surface area (Å²) >= 11 is 0. The van der Waals surface area contributed by atoms with Crippen LogP contribution in [0.3, 0.4) is 0 Å². The van der Waals surface area contributed by atoms with E-state index in [2.05, 4.69) is 5.32 Å². The van der Waals surface area contributed by atoms with Gasteiger partial charge in [0.15, 0.2) is 0 Å². The summed E-state index contributed by atoms with van der Waals surface area (Å²) in [5, 5.41) is 2.66. The average molecular weight is 367 g/mol. The molecule has 3 aromatic carbocycles. The summed E-state index contributed by atoms with van der Waals surface area (Å²) in [5.74, 6) is -0.398. The number of amides is 1. The minimum atomic E-state index is -4.41. The van der Waals surface area contributed by atoms with Gasteiger partial charge >= 0.3 is 6.18 Å². The monoisotopic (exact) mass is 367 g/mol. The van der Waals surface area contributed by atoms with Gasteiger partial charge in [0.1, 0.15) is 0 Å². The molecule has 0 saturated heterocycles. The van der Waals surface area contributed by atoms with Crippen LogP contribution in [0, 0.1) is 0 Å².